The molecule has 3 nitrogen and oxygen atoms in total. The second kappa shape index (κ2) is 5.10. The van der Waals surface area contributed by atoms with Crippen molar-refractivity contribution in [3.8, 4) is 12.3 Å². The number of carbonyl (C=O) groups excluding carboxylic acids is 1. The number of alkyl halides is 5. The van der Waals surface area contributed by atoms with E-state index < -0.39 is 18.0 Å². The van der Waals surface area contributed by atoms with Crippen LogP contribution in [0.15, 0.2) is 0 Å². The minimum Gasteiger partial charge on any atom is -0.335 e. The van der Waals surface area contributed by atoms with Gasteiger partial charge in [-0.25, -0.2) is 0 Å². The van der Waals surface area contributed by atoms with Gasteiger partial charge in [0.05, 0.1) is 6.54 Å². The molecule has 102 valence electrons. The fourth-order valence-corrected chi connectivity index (χ4v) is 1.56. The van der Waals surface area contributed by atoms with Crippen LogP contribution in [0, 0.1) is 12.3 Å². The predicted molar refractivity (Wildman–Crippen MR) is 52.9 cm³/mol. The normalized spacial score (nSPS) is 18.6. The fourth-order valence-electron chi connectivity index (χ4n) is 1.56. The molecule has 0 saturated carbocycles. The quantitative estimate of drug-likeness (QED) is 0.551. The first-order valence-corrected chi connectivity index (χ1v) is 5.10. The molecule has 0 aromatic heterocycles. The minimum atomic E-state index is -5.86. The Balaban J connectivity index is 2.64. The summed E-state index contributed by atoms with van der Waals surface area (Å²) in [6.07, 6.45) is -0.822. The zero-order valence-corrected chi connectivity index (χ0v) is 9.31. The third-order valence-corrected chi connectivity index (χ3v) is 2.60. The van der Waals surface area contributed by atoms with E-state index in [1.807, 2.05) is 0 Å². The second-order valence-electron chi connectivity index (χ2n) is 3.84. The number of amides is 1. The van der Waals surface area contributed by atoms with E-state index in [1.54, 1.807) is 4.90 Å². The Morgan fingerprint density at radius 1 is 1.11 bits per heavy atom. The van der Waals surface area contributed by atoms with Crippen LogP contribution in [-0.2, 0) is 4.79 Å². The first-order chi connectivity index (χ1) is 8.20. The van der Waals surface area contributed by atoms with Crippen LogP contribution in [0.5, 0.6) is 0 Å². The first-order valence-electron chi connectivity index (χ1n) is 5.10. The molecule has 1 saturated heterocycles. The maximum Gasteiger partial charge on any atom is 0.463 e. The Labute approximate surface area is 101 Å². The van der Waals surface area contributed by atoms with Crippen LogP contribution in [-0.4, -0.2) is 60.5 Å². The molecule has 8 heteroatoms. The molecular weight excluding hydrogens is 259 g/mol. The number of nitrogens with zero attached hydrogens (tertiary/aromatic N) is 2. The number of rotatable bonds is 2. The van der Waals surface area contributed by atoms with Gasteiger partial charge in [0.15, 0.2) is 0 Å². The summed E-state index contributed by atoms with van der Waals surface area (Å²) in [6, 6.07) is 0. The van der Waals surface area contributed by atoms with Crippen LogP contribution in [0.3, 0.4) is 0 Å². The molecule has 0 unspecified atom stereocenters. The smallest absolute Gasteiger partial charge is 0.335 e. The van der Waals surface area contributed by atoms with Crippen molar-refractivity contribution in [3.05, 3.63) is 0 Å². The molecule has 0 aromatic rings. The van der Waals surface area contributed by atoms with Crippen LogP contribution >= 0.6 is 0 Å². The van der Waals surface area contributed by atoms with Gasteiger partial charge in [0.1, 0.15) is 0 Å². The monoisotopic (exact) mass is 270 g/mol. The molecule has 0 spiro atoms. The highest BCUT2D eigenvalue weighted by molar-refractivity contribution is 5.84. The molecule has 0 bridgehead atoms. The van der Waals surface area contributed by atoms with Crippen LogP contribution in [0.2, 0.25) is 0 Å². The maximum absolute atomic E-state index is 12.8. The van der Waals surface area contributed by atoms with E-state index in [1.165, 1.54) is 0 Å². The summed E-state index contributed by atoms with van der Waals surface area (Å²) in [5, 5.41) is 0. The van der Waals surface area contributed by atoms with Crippen molar-refractivity contribution in [2.45, 2.75) is 12.1 Å². The topological polar surface area (TPSA) is 23.6 Å². The summed E-state index contributed by atoms with van der Waals surface area (Å²) in [4.78, 5) is 13.3. The number of halogens is 5. The van der Waals surface area contributed by atoms with Crippen molar-refractivity contribution in [2.75, 3.05) is 32.7 Å². The van der Waals surface area contributed by atoms with Gasteiger partial charge in [-0.05, 0) is 0 Å². The lowest BCUT2D eigenvalue weighted by Gasteiger charge is -2.35. The van der Waals surface area contributed by atoms with E-state index in [2.05, 4.69) is 5.92 Å². The number of hydrogen-bond acceptors (Lipinski definition) is 2. The van der Waals surface area contributed by atoms with Gasteiger partial charge in [0.25, 0.3) is 0 Å². The summed E-state index contributed by atoms with van der Waals surface area (Å²) >= 11 is 0. The average molecular weight is 270 g/mol. The molecule has 1 aliphatic rings. The Morgan fingerprint density at radius 2 is 1.61 bits per heavy atom. The minimum absolute atomic E-state index is 0.184. The third-order valence-electron chi connectivity index (χ3n) is 2.60. The van der Waals surface area contributed by atoms with Gasteiger partial charge in [-0.2, -0.15) is 22.0 Å². The summed E-state index contributed by atoms with van der Waals surface area (Å²) in [5.41, 5.74) is 0. The molecule has 18 heavy (non-hydrogen) atoms. The van der Waals surface area contributed by atoms with E-state index in [4.69, 9.17) is 6.42 Å². The third kappa shape index (κ3) is 2.90. The molecule has 0 aliphatic carbocycles. The molecule has 1 rings (SSSR count). The average Bonchev–Trinajstić information content (AvgIpc) is 2.28. The van der Waals surface area contributed by atoms with Crippen molar-refractivity contribution < 1.29 is 26.7 Å². The molecule has 0 radical (unpaired) electrons. The van der Waals surface area contributed by atoms with Crippen molar-refractivity contribution in [1.82, 2.24) is 9.80 Å². The standard InChI is InChI=1S/C10H11F5N2O/c1-2-3-16-4-6-17(7-5-16)8(18)9(11,12)10(13,14)15/h1H,3-7H2. The zero-order chi connectivity index (χ0) is 14.0. The van der Waals surface area contributed by atoms with Gasteiger partial charge in [-0.15, -0.1) is 6.42 Å². The van der Waals surface area contributed by atoms with Crippen LogP contribution in [0.1, 0.15) is 0 Å². The molecule has 1 heterocycles. The lowest BCUT2D eigenvalue weighted by molar-refractivity contribution is -0.274. The predicted octanol–water partition coefficient (Wildman–Crippen LogP) is 0.961. The number of carbonyl (C=O) groups is 1. The first kappa shape index (κ1) is 14.7. The lowest BCUT2D eigenvalue weighted by Crippen LogP contribution is -2.57. The SMILES string of the molecule is C#CCN1CCN(C(=O)C(F)(F)C(F)(F)F)CC1. The van der Waals surface area contributed by atoms with E-state index in [0.29, 0.717) is 4.90 Å². The highest BCUT2D eigenvalue weighted by atomic mass is 19.4. The summed E-state index contributed by atoms with van der Waals surface area (Å²) in [5.74, 6) is -5.20. The number of hydrogen-bond donors (Lipinski definition) is 0. The molecular formula is C10H11F5N2O. The van der Waals surface area contributed by atoms with E-state index in [9.17, 15) is 26.7 Å². The maximum atomic E-state index is 12.8. The Hall–Kier alpha value is -1.36. The van der Waals surface area contributed by atoms with Gasteiger partial charge in [-0.3, -0.25) is 9.69 Å². The Morgan fingerprint density at radius 3 is 2.00 bits per heavy atom. The van der Waals surface area contributed by atoms with Crippen molar-refractivity contribution in [3.63, 3.8) is 0 Å². The Bertz CT molecular complexity index is 352. The van der Waals surface area contributed by atoms with Gasteiger partial charge < -0.3 is 4.90 Å². The fraction of sp³-hybridized carbons (Fsp3) is 0.700. The van der Waals surface area contributed by atoms with Gasteiger partial charge >= 0.3 is 18.0 Å². The van der Waals surface area contributed by atoms with E-state index >= 15 is 0 Å². The summed E-state index contributed by atoms with van der Waals surface area (Å²) < 4.78 is 61.6. The highest BCUT2D eigenvalue weighted by Gasteiger charge is 2.64. The largest absolute Gasteiger partial charge is 0.463 e. The lowest BCUT2D eigenvalue weighted by atomic mass is 10.2. The highest BCUT2D eigenvalue weighted by Crippen LogP contribution is 2.37. The molecule has 1 fully saturated rings. The summed E-state index contributed by atoms with van der Waals surface area (Å²) in [6.45, 7) is 0.268. The van der Waals surface area contributed by atoms with E-state index in [0.717, 1.165) is 0 Å². The molecule has 0 atom stereocenters. The van der Waals surface area contributed by atoms with Crippen molar-refractivity contribution >= 4 is 5.91 Å². The summed E-state index contributed by atoms with van der Waals surface area (Å²) in [7, 11) is 0. The Kier molecular flexibility index (Phi) is 4.16. The number of piperazine rings is 1. The molecule has 1 amide bonds. The van der Waals surface area contributed by atoms with Crippen molar-refractivity contribution in [2.24, 2.45) is 0 Å². The van der Waals surface area contributed by atoms with Gasteiger partial charge in [-0.1, -0.05) is 5.92 Å². The van der Waals surface area contributed by atoms with Gasteiger partial charge in [0.2, 0.25) is 0 Å². The second-order valence-corrected chi connectivity index (χ2v) is 3.84. The van der Waals surface area contributed by atoms with Crippen LogP contribution in [0.25, 0.3) is 0 Å². The molecule has 0 aromatic carbocycles. The van der Waals surface area contributed by atoms with Crippen LogP contribution in [0.4, 0.5) is 22.0 Å². The zero-order valence-electron chi connectivity index (χ0n) is 9.31. The molecule has 0 N–H and O–H groups in total. The van der Waals surface area contributed by atoms with Crippen LogP contribution < -0.4 is 0 Å². The number of terminal acetylenes is 1. The molecule has 1 aliphatic heterocycles. The van der Waals surface area contributed by atoms with Gasteiger partial charge in [0, 0.05) is 26.2 Å². The van der Waals surface area contributed by atoms with E-state index in [-0.39, 0.29) is 32.7 Å². The van der Waals surface area contributed by atoms with Crippen molar-refractivity contribution in [1.29, 1.82) is 0 Å².